The first-order valence-corrected chi connectivity index (χ1v) is 14.8. The van der Waals surface area contributed by atoms with Gasteiger partial charge in [0.05, 0.1) is 28.6 Å². The molecule has 3 N–H and O–H groups in total. The molecule has 208 valence electrons. The predicted molar refractivity (Wildman–Crippen MR) is 156 cm³/mol. The van der Waals surface area contributed by atoms with Crippen molar-refractivity contribution in [1.29, 1.82) is 0 Å². The van der Waals surface area contributed by atoms with Crippen LogP contribution in [0.5, 0.6) is 11.6 Å². The minimum Gasteiger partial charge on any atom is -0.505 e. The van der Waals surface area contributed by atoms with E-state index in [9.17, 15) is 18.3 Å². The topological polar surface area (TPSA) is 131 Å². The molecule has 4 rings (SSSR count). The molecule has 0 fully saturated rings. The molecule has 0 aliphatic rings. The lowest BCUT2D eigenvalue weighted by Crippen LogP contribution is -2.24. The third kappa shape index (κ3) is 7.98. The van der Waals surface area contributed by atoms with Gasteiger partial charge in [-0.05, 0) is 53.6 Å². The Labute approximate surface area is 246 Å². The van der Waals surface area contributed by atoms with Gasteiger partial charge in [0.25, 0.3) is 5.91 Å². The molecule has 0 saturated carbocycles. The van der Waals surface area contributed by atoms with Crippen molar-refractivity contribution in [2.24, 2.45) is 0 Å². The van der Waals surface area contributed by atoms with E-state index in [0.29, 0.717) is 22.7 Å². The third-order valence-corrected chi connectivity index (χ3v) is 7.01. The van der Waals surface area contributed by atoms with Crippen LogP contribution >= 0.6 is 34.8 Å². The standard InChI is InChI=1S/C27H23Cl3N4O5S/c1-40(37,38)34-20-8-4-17(5-9-20)15-31-26(36)21-14-24(18-12-22(29)25(35)23(30)13-18)32-33-27(21)39-11-10-16-2-6-19(28)7-3-16/h2-9,12-14,34-35H,10-11,15H2,1H3,(H,31,36). The van der Waals surface area contributed by atoms with E-state index < -0.39 is 15.9 Å². The monoisotopic (exact) mass is 620 g/mol. The van der Waals surface area contributed by atoms with Crippen LogP contribution < -0.4 is 14.8 Å². The summed E-state index contributed by atoms with van der Waals surface area (Å²) < 4.78 is 31.1. The Morgan fingerprint density at radius 2 is 1.55 bits per heavy atom. The van der Waals surface area contributed by atoms with E-state index >= 15 is 0 Å². The number of ether oxygens (including phenoxy) is 1. The fourth-order valence-corrected chi connectivity index (χ4v) is 4.78. The molecule has 0 radical (unpaired) electrons. The van der Waals surface area contributed by atoms with Gasteiger partial charge in [-0.2, -0.15) is 0 Å². The van der Waals surface area contributed by atoms with E-state index in [4.69, 9.17) is 39.5 Å². The van der Waals surface area contributed by atoms with Gasteiger partial charge in [0.15, 0.2) is 5.75 Å². The van der Waals surface area contributed by atoms with Gasteiger partial charge in [-0.1, -0.05) is 59.1 Å². The average Bonchev–Trinajstić information content (AvgIpc) is 2.91. The van der Waals surface area contributed by atoms with Gasteiger partial charge in [-0.25, -0.2) is 8.42 Å². The van der Waals surface area contributed by atoms with Crippen LogP contribution in [-0.4, -0.2) is 42.5 Å². The molecule has 1 heterocycles. The summed E-state index contributed by atoms with van der Waals surface area (Å²) in [5, 5.41) is 21.7. The number of sulfonamides is 1. The van der Waals surface area contributed by atoms with Crippen LogP contribution in [0.4, 0.5) is 5.69 Å². The zero-order valence-corrected chi connectivity index (χ0v) is 24.1. The normalized spacial score (nSPS) is 11.2. The van der Waals surface area contributed by atoms with E-state index in [1.807, 2.05) is 12.1 Å². The van der Waals surface area contributed by atoms with Crippen molar-refractivity contribution < 1.29 is 23.1 Å². The maximum atomic E-state index is 13.3. The first kappa shape index (κ1) is 29.4. The number of hydrogen-bond acceptors (Lipinski definition) is 7. The fraction of sp³-hybridized carbons (Fsp3) is 0.148. The van der Waals surface area contributed by atoms with Crippen LogP contribution in [0.1, 0.15) is 21.5 Å². The SMILES string of the molecule is CS(=O)(=O)Nc1ccc(CNC(=O)c2cc(-c3cc(Cl)c(O)c(Cl)c3)nnc2OCCc2ccc(Cl)cc2)cc1. The minimum absolute atomic E-state index is 0.0207. The number of rotatable bonds is 10. The van der Waals surface area contributed by atoms with Crippen molar-refractivity contribution in [3.8, 4) is 22.9 Å². The van der Waals surface area contributed by atoms with Gasteiger partial charge in [0.1, 0.15) is 5.56 Å². The second kappa shape index (κ2) is 12.7. The van der Waals surface area contributed by atoms with Crippen LogP contribution in [-0.2, 0) is 23.0 Å². The molecule has 0 aliphatic carbocycles. The van der Waals surface area contributed by atoms with Crippen molar-refractivity contribution in [2.45, 2.75) is 13.0 Å². The highest BCUT2D eigenvalue weighted by Crippen LogP contribution is 2.36. The quantitative estimate of drug-likeness (QED) is 0.206. The number of phenols is 1. The lowest BCUT2D eigenvalue weighted by molar-refractivity contribution is 0.0945. The lowest BCUT2D eigenvalue weighted by atomic mass is 10.1. The zero-order chi connectivity index (χ0) is 28.9. The van der Waals surface area contributed by atoms with Gasteiger partial charge in [-0.15, -0.1) is 10.2 Å². The number of benzene rings is 3. The summed E-state index contributed by atoms with van der Waals surface area (Å²) in [6, 6.07) is 18.3. The number of carbonyl (C=O) groups excluding carboxylic acids is 1. The molecule has 9 nitrogen and oxygen atoms in total. The number of nitrogens with zero attached hydrogens (tertiary/aromatic N) is 2. The summed E-state index contributed by atoms with van der Waals surface area (Å²) in [6.07, 6.45) is 1.60. The Balaban J connectivity index is 1.55. The maximum absolute atomic E-state index is 13.3. The van der Waals surface area contributed by atoms with E-state index in [0.717, 1.165) is 17.4 Å². The molecule has 0 aliphatic heterocycles. The first-order chi connectivity index (χ1) is 19.0. The van der Waals surface area contributed by atoms with Gasteiger partial charge in [0, 0.05) is 29.2 Å². The fourth-order valence-electron chi connectivity index (χ4n) is 3.60. The number of aromatic hydroxyl groups is 1. The van der Waals surface area contributed by atoms with E-state index in [1.165, 1.54) is 18.2 Å². The Bertz CT molecular complexity index is 1610. The average molecular weight is 622 g/mol. The molecule has 0 bridgehead atoms. The number of carbonyl (C=O) groups is 1. The summed E-state index contributed by atoms with van der Waals surface area (Å²) in [4.78, 5) is 13.3. The number of anilines is 1. The summed E-state index contributed by atoms with van der Waals surface area (Å²) in [6.45, 7) is 0.373. The highest BCUT2D eigenvalue weighted by molar-refractivity contribution is 7.92. The molecule has 0 atom stereocenters. The minimum atomic E-state index is -3.40. The second-order valence-corrected chi connectivity index (χ2v) is 11.7. The summed E-state index contributed by atoms with van der Waals surface area (Å²) in [7, 11) is -3.40. The molecular formula is C27H23Cl3N4O5S. The molecule has 13 heteroatoms. The molecule has 0 spiro atoms. The summed E-state index contributed by atoms with van der Waals surface area (Å²) >= 11 is 18.1. The number of hydrogen-bond donors (Lipinski definition) is 3. The van der Waals surface area contributed by atoms with Crippen LogP contribution in [0.25, 0.3) is 11.3 Å². The maximum Gasteiger partial charge on any atom is 0.257 e. The molecule has 40 heavy (non-hydrogen) atoms. The van der Waals surface area contributed by atoms with Gasteiger partial charge in [0.2, 0.25) is 15.9 Å². The number of aromatic nitrogens is 2. The van der Waals surface area contributed by atoms with Gasteiger partial charge >= 0.3 is 0 Å². The molecule has 1 amide bonds. The van der Waals surface area contributed by atoms with E-state index in [-0.39, 0.29) is 46.1 Å². The van der Waals surface area contributed by atoms with E-state index in [1.54, 1.807) is 36.4 Å². The molecule has 1 aromatic heterocycles. The van der Waals surface area contributed by atoms with E-state index in [2.05, 4.69) is 20.2 Å². The Kier molecular flexibility index (Phi) is 9.36. The van der Waals surface area contributed by atoms with Crippen LogP contribution in [0.3, 0.4) is 0 Å². The number of halogens is 3. The summed E-state index contributed by atoms with van der Waals surface area (Å²) in [5.41, 5.74) is 2.98. The molecule has 4 aromatic rings. The zero-order valence-electron chi connectivity index (χ0n) is 21.0. The molecule has 0 unspecified atom stereocenters. The highest BCUT2D eigenvalue weighted by Gasteiger charge is 2.19. The summed E-state index contributed by atoms with van der Waals surface area (Å²) in [5.74, 6) is -0.719. The van der Waals surface area contributed by atoms with Crippen molar-refractivity contribution in [3.05, 3.63) is 98.5 Å². The van der Waals surface area contributed by atoms with Crippen molar-refractivity contribution in [3.63, 3.8) is 0 Å². The van der Waals surface area contributed by atoms with Crippen molar-refractivity contribution >= 4 is 56.4 Å². The Morgan fingerprint density at radius 1 is 0.925 bits per heavy atom. The van der Waals surface area contributed by atoms with Crippen LogP contribution in [0.15, 0.2) is 66.7 Å². The molecular weight excluding hydrogens is 599 g/mol. The lowest BCUT2D eigenvalue weighted by Gasteiger charge is -2.13. The van der Waals surface area contributed by atoms with Gasteiger partial charge in [-0.3, -0.25) is 9.52 Å². The smallest absolute Gasteiger partial charge is 0.257 e. The predicted octanol–water partition coefficient (Wildman–Crippen LogP) is 5.73. The van der Waals surface area contributed by atoms with Crippen molar-refractivity contribution in [2.75, 3.05) is 17.6 Å². The number of amides is 1. The van der Waals surface area contributed by atoms with Gasteiger partial charge < -0.3 is 15.2 Å². The van der Waals surface area contributed by atoms with Crippen molar-refractivity contribution in [1.82, 2.24) is 15.5 Å². The Hall–Kier alpha value is -3.57. The first-order valence-electron chi connectivity index (χ1n) is 11.8. The highest BCUT2D eigenvalue weighted by atomic mass is 35.5. The third-order valence-electron chi connectivity index (χ3n) is 5.57. The molecule has 0 saturated heterocycles. The van der Waals surface area contributed by atoms with Crippen LogP contribution in [0.2, 0.25) is 15.1 Å². The Morgan fingerprint density at radius 3 is 2.17 bits per heavy atom. The number of phenolic OH excluding ortho intramolecular Hbond substituents is 1. The number of nitrogens with one attached hydrogen (secondary N) is 2. The van der Waals surface area contributed by atoms with Crippen LogP contribution in [0, 0.1) is 0 Å². The molecule has 3 aromatic carbocycles. The largest absolute Gasteiger partial charge is 0.505 e. The second-order valence-electron chi connectivity index (χ2n) is 8.72.